The molecule has 0 radical (unpaired) electrons. The second-order valence-electron chi connectivity index (χ2n) is 6.77. The highest BCUT2D eigenvalue weighted by Gasteiger charge is 2.39. The molecule has 1 aromatic carbocycles. The molecule has 7 nitrogen and oxygen atoms in total. The summed E-state index contributed by atoms with van der Waals surface area (Å²) in [6.45, 7) is 3.12. The SMILES string of the molecule is Cc1cc(=O)oc2cc(OCC(=O)N[C@]3(C)CCS(=O)(=O)C3)c(Cl)cc12. The van der Waals surface area contributed by atoms with Gasteiger partial charge in [-0.15, -0.1) is 0 Å². The minimum Gasteiger partial charge on any atom is -0.482 e. The van der Waals surface area contributed by atoms with Crippen molar-refractivity contribution in [3.8, 4) is 5.75 Å². The summed E-state index contributed by atoms with van der Waals surface area (Å²) in [4.78, 5) is 23.6. The van der Waals surface area contributed by atoms with Crippen LogP contribution in [-0.2, 0) is 14.6 Å². The highest BCUT2D eigenvalue weighted by Crippen LogP contribution is 2.31. The fourth-order valence-electron chi connectivity index (χ4n) is 3.06. The van der Waals surface area contributed by atoms with Gasteiger partial charge in [-0.25, -0.2) is 13.2 Å². The molecule has 1 aromatic heterocycles. The smallest absolute Gasteiger partial charge is 0.336 e. The summed E-state index contributed by atoms with van der Waals surface area (Å²) in [6, 6.07) is 4.43. The Hall–Kier alpha value is -2.06. The van der Waals surface area contributed by atoms with Crippen molar-refractivity contribution in [2.24, 2.45) is 0 Å². The van der Waals surface area contributed by atoms with E-state index in [0.29, 0.717) is 17.4 Å². The maximum atomic E-state index is 12.1. The minimum absolute atomic E-state index is 0.0551. The van der Waals surface area contributed by atoms with Crippen molar-refractivity contribution in [2.45, 2.75) is 25.8 Å². The van der Waals surface area contributed by atoms with Crippen LogP contribution in [0.2, 0.25) is 5.02 Å². The van der Waals surface area contributed by atoms with Crippen LogP contribution in [0.4, 0.5) is 0 Å². The number of fused-ring (bicyclic) bond motifs is 1. The fraction of sp³-hybridized carbons (Fsp3) is 0.412. The molecule has 1 N–H and O–H groups in total. The molecule has 0 bridgehead atoms. The van der Waals surface area contributed by atoms with Gasteiger partial charge in [-0.1, -0.05) is 11.6 Å². The molecule has 0 spiro atoms. The summed E-state index contributed by atoms with van der Waals surface area (Å²) in [5, 5.41) is 3.65. The number of halogens is 1. The molecule has 1 aliphatic heterocycles. The quantitative estimate of drug-likeness (QED) is 0.787. The summed E-state index contributed by atoms with van der Waals surface area (Å²) in [5.41, 5.74) is -0.256. The zero-order valence-electron chi connectivity index (χ0n) is 14.3. The lowest BCUT2D eigenvalue weighted by Gasteiger charge is -2.23. The van der Waals surface area contributed by atoms with Crippen molar-refractivity contribution in [1.82, 2.24) is 5.32 Å². The van der Waals surface area contributed by atoms with Crippen LogP contribution >= 0.6 is 11.6 Å². The third-order valence-corrected chi connectivity index (χ3v) is 6.51. The van der Waals surface area contributed by atoms with Crippen LogP contribution < -0.4 is 15.7 Å². The Morgan fingerprint density at radius 3 is 2.77 bits per heavy atom. The lowest BCUT2D eigenvalue weighted by atomic mass is 10.0. The average molecular weight is 400 g/mol. The lowest BCUT2D eigenvalue weighted by molar-refractivity contribution is -0.124. The molecule has 1 saturated heterocycles. The average Bonchev–Trinajstić information content (AvgIpc) is 2.79. The molecular weight excluding hydrogens is 382 g/mol. The van der Waals surface area contributed by atoms with Crippen LogP contribution in [0.15, 0.2) is 27.4 Å². The Balaban J connectivity index is 1.72. The standard InChI is InChI=1S/C17H18ClNO6S/c1-10-5-16(21)25-13-7-14(12(18)6-11(10)13)24-8-15(20)19-17(2)3-4-26(22,23)9-17/h5-7H,3-4,8-9H2,1-2H3,(H,19,20)/t17-/m1/s1. The lowest BCUT2D eigenvalue weighted by Crippen LogP contribution is -2.48. The number of ether oxygens (including phenoxy) is 1. The molecule has 26 heavy (non-hydrogen) atoms. The van der Waals surface area contributed by atoms with E-state index in [1.807, 2.05) is 0 Å². The van der Waals surface area contributed by atoms with E-state index in [2.05, 4.69) is 5.32 Å². The first kappa shape index (κ1) is 18.7. The fourth-order valence-corrected chi connectivity index (χ4v) is 5.37. The van der Waals surface area contributed by atoms with Gasteiger partial charge in [0.2, 0.25) is 0 Å². The van der Waals surface area contributed by atoms with Gasteiger partial charge in [-0.05, 0) is 31.9 Å². The maximum absolute atomic E-state index is 12.1. The van der Waals surface area contributed by atoms with Crippen molar-refractivity contribution >= 4 is 38.3 Å². The number of hydrogen-bond acceptors (Lipinski definition) is 6. The van der Waals surface area contributed by atoms with Crippen molar-refractivity contribution in [3.05, 3.63) is 39.2 Å². The van der Waals surface area contributed by atoms with Gasteiger partial charge < -0.3 is 14.5 Å². The number of carbonyl (C=O) groups excluding carboxylic acids is 1. The topological polar surface area (TPSA) is 103 Å². The third kappa shape index (κ3) is 4.02. The van der Waals surface area contributed by atoms with E-state index < -0.39 is 26.9 Å². The Kier molecular flexibility index (Phi) is 4.74. The molecular formula is C17H18ClNO6S. The van der Waals surface area contributed by atoms with Crippen molar-refractivity contribution in [1.29, 1.82) is 0 Å². The summed E-state index contributed by atoms with van der Waals surface area (Å²) in [6.07, 6.45) is 0.363. The minimum atomic E-state index is -3.12. The van der Waals surface area contributed by atoms with Crippen LogP contribution in [-0.4, -0.2) is 38.0 Å². The number of sulfone groups is 1. The van der Waals surface area contributed by atoms with Crippen LogP contribution in [0.5, 0.6) is 5.75 Å². The van der Waals surface area contributed by atoms with Crippen molar-refractivity contribution < 1.29 is 22.4 Å². The number of hydrogen-bond donors (Lipinski definition) is 1. The molecule has 0 saturated carbocycles. The van der Waals surface area contributed by atoms with Gasteiger partial charge in [0.05, 0.1) is 22.1 Å². The van der Waals surface area contributed by atoms with E-state index in [9.17, 15) is 18.0 Å². The Morgan fingerprint density at radius 2 is 2.12 bits per heavy atom. The van der Waals surface area contributed by atoms with Gasteiger partial charge in [-0.2, -0.15) is 0 Å². The van der Waals surface area contributed by atoms with E-state index >= 15 is 0 Å². The Morgan fingerprint density at radius 1 is 1.38 bits per heavy atom. The molecule has 1 atom stereocenters. The van der Waals surface area contributed by atoms with Crippen LogP contribution in [0.25, 0.3) is 11.0 Å². The van der Waals surface area contributed by atoms with Crippen LogP contribution in [0.3, 0.4) is 0 Å². The van der Waals surface area contributed by atoms with Gasteiger partial charge in [0.1, 0.15) is 11.3 Å². The molecule has 0 unspecified atom stereocenters. The third-order valence-electron chi connectivity index (χ3n) is 4.31. The summed E-state index contributed by atoms with van der Waals surface area (Å²) < 4.78 is 33.8. The molecule has 1 amide bonds. The van der Waals surface area contributed by atoms with E-state index in [-0.39, 0.29) is 28.9 Å². The second-order valence-corrected chi connectivity index (χ2v) is 9.36. The molecule has 0 aliphatic carbocycles. The predicted molar refractivity (Wildman–Crippen MR) is 97.5 cm³/mol. The highest BCUT2D eigenvalue weighted by atomic mass is 35.5. The molecule has 2 heterocycles. The number of amides is 1. The van der Waals surface area contributed by atoms with Crippen LogP contribution in [0, 0.1) is 6.92 Å². The summed E-state index contributed by atoms with van der Waals surface area (Å²) in [5.74, 6) is -0.286. The van der Waals surface area contributed by atoms with Gasteiger partial charge in [0.25, 0.3) is 5.91 Å². The number of benzene rings is 1. The molecule has 9 heteroatoms. The van der Waals surface area contributed by atoms with Gasteiger partial charge in [0, 0.05) is 17.5 Å². The zero-order chi connectivity index (χ0) is 19.1. The Labute approximate surface area is 155 Å². The van der Waals surface area contributed by atoms with Crippen LogP contribution in [0.1, 0.15) is 18.9 Å². The van der Waals surface area contributed by atoms with E-state index in [1.54, 1.807) is 19.9 Å². The van der Waals surface area contributed by atoms with Crippen molar-refractivity contribution in [3.63, 3.8) is 0 Å². The first-order valence-electron chi connectivity index (χ1n) is 7.95. The van der Waals surface area contributed by atoms with Crippen molar-refractivity contribution in [2.75, 3.05) is 18.1 Å². The van der Waals surface area contributed by atoms with Gasteiger partial charge in [-0.3, -0.25) is 4.79 Å². The van der Waals surface area contributed by atoms with Gasteiger partial charge >= 0.3 is 5.63 Å². The zero-order valence-corrected chi connectivity index (χ0v) is 15.9. The number of aryl methyl sites for hydroxylation is 1. The normalized spacial score (nSPS) is 21.7. The number of nitrogens with one attached hydrogen (secondary N) is 1. The molecule has 140 valence electrons. The van der Waals surface area contributed by atoms with E-state index in [4.69, 9.17) is 20.8 Å². The molecule has 3 rings (SSSR count). The largest absolute Gasteiger partial charge is 0.482 e. The summed E-state index contributed by atoms with van der Waals surface area (Å²) >= 11 is 6.18. The first-order chi connectivity index (χ1) is 12.1. The second kappa shape index (κ2) is 6.59. The highest BCUT2D eigenvalue weighted by molar-refractivity contribution is 7.91. The number of rotatable bonds is 4. The molecule has 2 aromatic rings. The summed E-state index contributed by atoms with van der Waals surface area (Å²) in [7, 11) is -3.12. The van der Waals surface area contributed by atoms with E-state index in [0.717, 1.165) is 5.56 Å². The monoisotopic (exact) mass is 399 g/mol. The maximum Gasteiger partial charge on any atom is 0.336 e. The Bertz CT molecular complexity index is 1050. The molecule has 1 fully saturated rings. The van der Waals surface area contributed by atoms with Gasteiger partial charge in [0.15, 0.2) is 16.4 Å². The van der Waals surface area contributed by atoms with E-state index in [1.165, 1.54) is 12.1 Å². The number of carbonyl (C=O) groups is 1. The predicted octanol–water partition coefficient (Wildman–Crippen LogP) is 1.83. The first-order valence-corrected chi connectivity index (χ1v) is 10.2. The molecule has 1 aliphatic rings.